The molecule has 49 heavy (non-hydrogen) atoms. The van der Waals surface area contributed by atoms with Gasteiger partial charge in [0.1, 0.15) is 23.8 Å². The summed E-state index contributed by atoms with van der Waals surface area (Å²) in [4.78, 5) is 81.4. The van der Waals surface area contributed by atoms with Crippen molar-refractivity contribution >= 4 is 40.9 Å². The van der Waals surface area contributed by atoms with Gasteiger partial charge in [0.2, 0.25) is 17.7 Å². The summed E-state index contributed by atoms with van der Waals surface area (Å²) in [5.41, 5.74) is 0.836. The predicted octanol–water partition coefficient (Wildman–Crippen LogP) is 1.74. The standard InChI is InChI=1S/C33H37N9O6S/c1-19(2)14-23-30(45)39-24(15-21-8-5-4-6-9-21)29(44)36-12-13-42(33(47)26-18-49-32(40-26)27-34-10-7-11-35-27)17-22-16-25(41-48-22)31(46)37-20(3)28(43)38-23/h4-11,16,18-20,23-24H,12-15,17H2,1-3H3,(H,36,44)(H,37,46)(H,38,43)(H,39,45)/t20-,23-,24-/m1/s1. The monoisotopic (exact) mass is 687 g/mol. The molecule has 0 saturated heterocycles. The van der Waals surface area contributed by atoms with E-state index in [1.165, 1.54) is 29.2 Å². The number of rotatable bonds is 6. The zero-order valence-corrected chi connectivity index (χ0v) is 28.0. The maximum absolute atomic E-state index is 13.8. The number of carbonyl (C=O) groups is 5. The number of benzene rings is 1. The minimum atomic E-state index is -1.04. The zero-order chi connectivity index (χ0) is 34.9. The second-order valence-corrected chi connectivity index (χ2v) is 12.8. The number of carbonyl (C=O) groups excluding carboxylic acids is 5. The van der Waals surface area contributed by atoms with E-state index in [0.717, 1.165) is 5.56 Å². The van der Waals surface area contributed by atoms with Crippen LogP contribution < -0.4 is 21.3 Å². The van der Waals surface area contributed by atoms with Gasteiger partial charge < -0.3 is 30.7 Å². The molecule has 3 atom stereocenters. The highest BCUT2D eigenvalue weighted by Gasteiger charge is 2.30. The first kappa shape index (κ1) is 34.8. The average Bonchev–Trinajstić information content (AvgIpc) is 3.78. The zero-order valence-electron chi connectivity index (χ0n) is 27.2. The summed E-state index contributed by atoms with van der Waals surface area (Å²) in [7, 11) is 0. The summed E-state index contributed by atoms with van der Waals surface area (Å²) in [6, 6.07) is 9.24. The Morgan fingerprint density at radius 2 is 1.71 bits per heavy atom. The summed E-state index contributed by atoms with van der Waals surface area (Å²) in [5, 5.41) is 16.8. The Balaban J connectivity index is 1.43. The molecule has 16 heteroatoms. The third kappa shape index (κ3) is 9.31. The molecule has 1 aliphatic rings. The molecule has 1 aromatic carbocycles. The minimum Gasteiger partial charge on any atom is -0.359 e. The maximum Gasteiger partial charge on any atom is 0.274 e. The van der Waals surface area contributed by atoms with Gasteiger partial charge in [-0.15, -0.1) is 11.3 Å². The lowest BCUT2D eigenvalue weighted by Gasteiger charge is -2.26. The topological polar surface area (TPSA) is 201 Å². The lowest BCUT2D eigenvalue weighted by Crippen LogP contribution is -2.57. The molecule has 3 aromatic heterocycles. The summed E-state index contributed by atoms with van der Waals surface area (Å²) in [6.45, 7) is 5.21. The third-order valence-electron chi connectivity index (χ3n) is 7.58. The largest absolute Gasteiger partial charge is 0.359 e. The van der Waals surface area contributed by atoms with Gasteiger partial charge in [0.15, 0.2) is 22.3 Å². The quantitative estimate of drug-likeness (QED) is 0.231. The molecule has 5 rings (SSSR count). The second kappa shape index (κ2) is 16.1. The lowest BCUT2D eigenvalue weighted by atomic mass is 10.0. The Hall–Kier alpha value is -5.51. The Kier molecular flexibility index (Phi) is 11.4. The van der Waals surface area contributed by atoms with Gasteiger partial charge in [-0.1, -0.05) is 49.3 Å². The first-order valence-corrected chi connectivity index (χ1v) is 16.7. The van der Waals surface area contributed by atoms with E-state index in [9.17, 15) is 24.0 Å². The molecule has 256 valence electrons. The summed E-state index contributed by atoms with van der Waals surface area (Å²) < 4.78 is 5.40. The number of hydrogen-bond acceptors (Lipinski definition) is 11. The van der Waals surface area contributed by atoms with E-state index in [-0.39, 0.29) is 55.5 Å². The minimum absolute atomic E-state index is 0.00960. The number of amides is 5. The molecule has 15 nitrogen and oxygen atoms in total. The Morgan fingerprint density at radius 3 is 2.45 bits per heavy atom. The number of nitrogens with zero attached hydrogens (tertiary/aromatic N) is 5. The van der Waals surface area contributed by atoms with E-state index in [4.69, 9.17) is 4.52 Å². The van der Waals surface area contributed by atoms with Crippen LogP contribution in [-0.2, 0) is 27.3 Å². The predicted molar refractivity (Wildman–Crippen MR) is 178 cm³/mol. The van der Waals surface area contributed by atoms with Crippen LogP contribution in [-0.4, -0.2) is 85.8 Å². The van der Waals surface area contributed by atoms with Gasteiger partial charge in [0.25, 0.3) is 11.8 Å². The van der Waals surface area contributed by atoms with Crippen LogP contribution in [0.5, 0.6) is 0 Å². The van der Waals surface area contributed by atoms with E-state index in [0.29, 0.717) is 10.8 Å². The molecule has 4 aromatic rings. The highest BCUT2D eigenvalue weighted by atomic mass is 32.1. The lowest BCUT2D eigenvalue weighted by molar-refractivity contribution is -0.132. The van der Waals surface area contributed by atoms with Crippen molar-refractivity contribution in [3.05, 3.63) is 82.9 Å². The molecule has 4 heterocycles. The maximum atomic E-state index is 13.8. The molecule has 4 N–H and O–H groups in total. The molecule has 1 aliphatic heterocycles. The van der Waals surface area contributed by atoms with Crippen molar-refractivity contribution in [1.29, 1.82) is 0 Å². The molecule has 0 aliphatic carbocycles. The van der Waals surface area contributed by atoms with Crippen LogP contribution in [0.1, 0.15) is 59.5 Å². The van der Waals surface area contributed by atoms with Gasteiger partial charge in [-0.2, -0.15) is 0 Å². The number of nitrogens with one attached hydrogen (secondary N) is 4. The number of fused-ring (bicyclic) bond motifs is 2. The van der Waals surface area contributed by atoms with Crippen molar-refractivity contribution in [3.8, 4) is 10.8 Å². The first-order chi connectivity index (χ1) is 23.6. The van der Waals surface area contributed by atoms with Crippen LogP contribution >= 0.6 is 11.3 Å². The SMILES string of the molecule is CC(C)C[C@H]1NC(=O)[C@@H](C)NC(=O)c2cc(on2)CN(C(=O)c2csc(-c3ncccn3)n2)CCNC(=O)[C@@H](Cc2ccccc2)NC1=O. The van der Waals surface area contributed by atoms with Crippen LogP contribution in [0.25, 0.3) is 10.8 Å². The van der Waals surface area contributed by atoms with Gasteiger partial charge >= 0.3 is 0 Å². The van der Waals surface area contributed by atoms with Gasteiger partial charge in [0, 0.05) is 43.4 Å². The molecule has 2 bridgehead atoms. The van der Waals surface area contributed by atoms with Crippen LogP contribution in [0.15, 0.2) is 64.8 Å². The van der Waals surface area contributed by atoms with Crippen molar-refractivity contribution in [2.75, 3.05) is 13.1 Å². The van der Waals surface area contributed by atoms with E-state index in [1.54, 1.807) is 23.8 Å². The van der Waals surface area contributed by atoms with Crippen molar-refractivity contribution < 1.29 is 28.5 Å². The Morgan fingerprint density at radius 1 is 0.980 bits per heavy atom. The molecule has 0 radical (unpaired) electrons. The van der Waals surface area contributed by atoms with E-state index >= 15 is 0 Å². The van der Waals surface area contributed by atoms with Crippen molar-refractivity contribution in [1.82, 2.24) is 46.3 Å². The first-order valence-electron chi connectivity index (χ1n) is 15.8. The smallest absolute Gasteiger partial charge is 0.274 e. The average molecular weight is 688 g/mol. The summed E-state index contributed by atoms with van der Waals surface area (Å²) in [5.74, 6) is -2.18. The van der Waals surface area contributed by atoms with Crippen LogP contribution in [0.2, 0.25) is 0 Å². The van der Waals surface area contributed by atoms with Crippen LogP contribution in [0.4, 0.5) is 0 Å². The summed E-state index contributed by atoms with van der Waals surface area (Å²) in [6.07, 6.45) is 3.62. The fraction of sp³-hybridized carbons (Fsp3) is 0.364. The van der Waals surface area contributed by atoms with Gasteiger partial charge in [-0.25, -0.2) is 15.0 Å². The second-order valence-electron chi connectivity index (χ2n) is 11.9. The van der Waals surface area contributed by atoms with Crippen molar-refractivity contribution in [3.63, 3.8) is 0 Å². The fourth-order valence-corrected chi connectivity index (χ4v) is 5.82. The highest BCUT2D eigenvalue weighted by molar-refractivity contribution is 7.13. The molecular formula is C33H37N9O6S. The molecule has 0 saturated carbocycles. The van der Waals surface area contributed by atoms with Crippen LogP contribution in [0, 0.1) is 5.92 Å². The molecular weight excluding hydrogens is 650 g/mol. The van der Waals surface area contributed by atoms with Crippen molar-refractivity contribution in [2.45, 2.75) is 58.3 Å². The normalized spacial score (nSPS) is 19.7. The highest BCUT2D eigenvalue weighted by Crippen LogP contribution is 2.21. The molecule has 0 unspecified atom stereocenters. The van der Waals surface area contributed by atoms with Crippen LogP contribution in [0.3, 0.4) is 0 Å². The van der Waals surface area contributed by atoms with E-state index < -0.39 is 47.7 Å². The van der Waals surface area contributed by atoms with E-state index in [2.05, 4.69) is 41.4 Å². The van der Waals surface area contributed by atoms with Gasteiger partial charge in [-0.3, -0.25) is 24.0 Å². The number of thiazole rings is 1. The number of aromatic nitrogens is 4. The fourth-order valence-electron chi connectivity index (χ4n) is 5.09. The van der Waals surface area contributed by atoms with Gasteiger partial charge in [-0.05, 0) is 30.9 Å². The van der Waals surface area contributed by atoms with Gasteiger partial charge in [0.05, 0.1) is 6.54 Å². The summed E-state index contributed by atoms with van der Waals surface area (Å²) >= 11 is 1.20. The van der Waals surface area contributed by atoms with Crippen molar-refractivity contribution in [2.24, 2.45) is 5.92 Å². The Bertz CT molecular complexity index is 1780. The molecule has 5 amide bonds. The number of hydrogen-bond donors (Lipinski definition) is 4. The Labute approximate surface area is 286 Å². The molecule has 0 fully saturated rings. The molecule has 0 spiro atoms. The third-order valence-corrected chi connectivity index (χ3v) is 8.42. The van der Waals surface area contributed by atoms with E-state index in [1.807, 2.05) is 44.2 Å².